The van der Waals surface area contributed by atoms with E-state index in [-0.39, 0.29) is 11.8 Å². The molecule has 1 amide bonds. The van der Waals surface area contributed by atoms with Gasteiger partial charge in [0.05, 0.1) is 7.11 Å². The number of para-hydroxylation sites is 1. The number of fused-ring (bicyclic) bond motifs is 1. The number of carbonyl (C=O) groups excluding carboxylic acids is 1. The van der Waals surface area contributed by atoms with Crippen LogP contribution in [0.4, 0.5) is 5.69 Å². The summed E-state index contributed by atoms with van der Waals surface area (Å²) in [7, 11) is 1.58. The van der Waals surface area contributed by atoms with E-state index in [1.807, 2.05) is 18.2 Å². The summed E-state index contributed by atoms with van der Waals surface area (Å²) in [5.74, 6) is 0.327. The molecule has 0 aliphatic carbocycles. The predicted molar refractivity (Wildman–Crippen MR) is 85.1 cm³/mol. The molecule has 0 unspecified atom stereocenters. The summed E-state index contributed by atoms with van der Waals surface area (Å²) >= 11 is 0. The molecule has 0 radical (unpaired) electrons. The first kappa shape index (κ1) is 14.9. The summed E-state index contributed by atoms with van der Waals surface area (Å²) in [6, 6.07) is 14.4. The number of benzene rings is 2. The molecule has 1 atom stereocenters. The molecular formula is C17H16N2O4. The minimum absolute atomic E-state index is 0.00490. The Morgan fingerprint density at radius 3 is 2.70 bits per heavy atom. The van der Waals surface area contributed by atoms with Gasteiger partial charge in [0.1, 0.15) is 17.4 Å². The zero-order valence-corrected chi connectivity index (χ0v) is 12.5. The number of nitrogens with zero attached hydrogens (tertiary/aromatic N) is 1. The maximum atomic E-state index is 12.5. The van der Waals surface area contributed by atoms with Crippen molar-refractivity contribution in [2.24, 2.45) is 11.1 Å². The Hall–Kier alpha value is -3.02. The van der Waals surface area contributed by atoms with Crippen LogP contribution in [0.25, 0.3) is 0 Å². The Labute approximate surface area is 133 Å². The molecule has 0 saturated carbocycles. The highest BCUT2D eigenvalue weighted by Crippen LogP contribution is 2.29. The normalized spacial score (nSPS) is 18.0. The molecule has 0 bridgehead atoms. The number of amides is 1. The fraction of sp³-hybridized carbons (Fsp3) is 0.176. The maximum absolute atomic E-state index is 12.5. The van der Waals surface area contributed by atoms with E-state index in [1.54, 1.807) is 37.4 Å². The van der Waals surface area contributed by atoms with Crippen LogP contribution in [0.3, 0.4) is 0 Å². The molecule has 118 valence electrons. The average molecular weight is 312 g/mol. The highest BCUT2D eigenvalue weighted by Gasteiger charge is 2.33. The number of hydrogen-bond acceptors (Lipinski definition) is 5. The van der Waals surface area contributed by atoms with E-state index in [2.05, 4.69) is 10.5 Å². The van der Waals surface area contributed by atoms with Crippen molar-refractivity contribution in [2.75, 3.05) is 12.4 Å². The van der Waals surface area contributed by atoms with E-state index in [4.69, 9.17) is 14.7 Å². The third kappa shape index (κ3) is 3.11. The number of nitrogens with one attached hydrogen (secondary N) is 1. The van der Waals surface area contributed by atoms with Crippen LogP contribution in [-0.2, 0) is 11.2 Å². The van der Waals surface area contributed by atoms with Gasteiger partial charge < -0.3 is 20.0 Å². The van der Waals surface area contributed by atoms with Crippen LogP contribution in [0.1, 0.15) is 5.56 Å². The Morgan fingerprint density at radius 2 is 2.00 bits per heavy atom. The monoisotopic (exact) mass is 312 g/mol. The van der Waals surface area contributed by atoms with Gasteiger partial charge in [-0.1, -0.05) is 23.4 Å². The molecule has 0 saturated heterocycles. The number of ether oxygens (including phenoxy) is 2. The lowest BCUT2D eigenvalue weighted by Crippen LogP contribution is -2.37. The lowest BCUT2D eigenvalue weighted by atomic mass is 9.95. The number of carbonyl (C=O) groups is 1. The van der Waals surface area contributed by atoms with Crippen molar-refractivity contribution >= 4 is 17.5 Å². The van der Waals surface area contributed by atoms with E-state index in [1.165, 1.54) is 0 Å². The largest absolute Gasteiger partial charge is 0.497 e. The molecule has 2 N–H and O–H groups in total. The summed E-state index contributed by atoms with van der Waals surface area (Å²) in [5, 5.41) is 15.1. The van der Waals surface area contributed by atoms with Crippen LogP contribution in [0.2, 0.25) is 0 Å². The highest BCUT2D eigenvalue weighted by atomic mass is 16.5. The molecule has 0 spiro atoms. The second-order valence-corrected chi connectivity index (χ2v) is 5.12. The molecule has 1 aliphatic rings. The lowest BCUT2D eigenvalue weighted by Gasteiger charge is -2.24. The molecule has 1 aliphatic heterocycles. The van der Waals surface area contributed by atoms with Crippen LogP contribution in [0, 0.1) is 5.92 Å². The van der Waals surface area contributed by atoms with E-state index in [9.17, 15) is 4.79 Å². The average Bonchev–Trinajstić information content (AvgIpc) is 2.61. The topological polar surface area (TPSA) is 80.2 Å². The van der Waals surface area contributed by atoms with Gasteiger partial charge in [-0.3, -0.25) is 4.79 Å². The molecule has 6 heteroatoms. The minimum Gasteiger partial charge on any atom is -0.497 e. The summed E-state index contributed by atoms with van der Waals surface area (Å²) in [5.41, 5.74) is 1.53. The molecular weight excluding hydrogens is 296 g/mol. The van der Waals surface area contributed by atoms with Crippen molar-refractivity contribution in [3.8, 4) is 11.5 Å². The molecule has 2 aromatic rings. The van der Waals surface area contributed by atoms with E-state index in [0.717, 1.165) is 5.56 Å². The van der Waals surface area contributed by atoms with Crippen molar-refractivity contribution in [2.45, 2.75) is 6.42 Å². The van der Waals surface area contributed by atoms with Gasteiger partial charge in [-0.15, -0.1) is 0 Å². The third-order valence-corrected chi connectivity index (χ3v) is 3.68. The van der Waals surface area contributed by atoms with Gasteiger partial charge in [0.2, 0.25) is 11.8 Å². The van der Waals surface area contributed by atoms with Crippen molar-refractivity contribution in [1.82, 2.24) is 0 Å². The SMILES string of the molecule is COc1ccc(NC(=O)[C@H]2Cc3ccccc3O/C2=N/O)cc1. The van der Waals surface area contributed by atoms with E-state index < -0.39 is 5.92 Å². The highest BCUT2D eigenvalue weighted by molar-refractivity contribution is 6.07. The Bertz CT molecular complexity index is 741. The van der Waals surface area contributed by atoms with Gasteiger partial charge in [-0.05, 0) is 42.3 Å². The fourth-order valence-corrected chi connectivity index (χ4v) is 2.46. The predicted octanol–water partition coefficient (Wildman–Crippen LogP) is 2.67. The van der Waals surface area contributed by atoms with Crippen molar-refractivity contribution in [3.05, 3.63) is 54.1 Å². The van der Waals surface area contributed by atoms with Crippen LogP contribution < -0.4 is 14.8 Å². The van der Waals surface area contributed by atoms with Crippen molar-refractivity contribution in [3.63, 3.8) is 0 Å². The van der Waals surface area contributed by atoms with Gasteiger partial charge in [-0.25, -0.2) is 0 Å². The molecule has 6 nitrogen and oxygen atoms in total. The van der Waals surface area contributed by atoms with Gasteiger partial charge in [0.25, 0.3) is 0 Å². The molecule has 2 aromatic carbocycles. The Balaban J connectivity index is 1.78. The smallest absolute Gasteiger partial charge is 0.243 e. The fourth-order valence-electron chi connectivity index (χ4n) is 2.46. The number of oxime groups is 1. The third-order valence-electron chi connectivity index (χ3n) is 3.68. The van der Waals surface area contributed by atoms with Crippen LogP contribution in [-0.4, -0.2) is 24.1 Å². The summed E-state index contributed by atoms with van der Waals surface area (Å²) in [4.78, 5) is 12.5. The Morgan fingerprint density at radius 1 is 1.26 bits per heavy atom. The number of rotatable bonds is 3. The maximum Gasteiger partial charge on any atom is 0.243 e. The molecule has 3 rings (SSSR count). The van der Waals surface area contributed by atoms with E-state index >= 15 is 0 Å². The number of hydrogen-bond donors (Lipinski definition) is 2. The lowest BCUT2D eigenvalue weighted by molar-refractivity contribution is -0.118. The molecule has 1 heterocycles. The van der Waals surface area contributed by atoms with Gasteiger partial charge in [0.15, 0.2) is 0 Å². The van der Waals surface area contributed by atoms with E-state index in [0.29, 0.717) is 23.6 Å². The summed E-state index contributed by atoms with van der Waals surface area (Å²) < 4.78 is 10.6. The van der Waals surface area contributed by atoms with Gasteiger partial charge >= 0.3 is 0 Å². The van der Waals surface area contributed by atoms with Gasteiger partial charge in [0, 0.05) is 5.69 Å². The second kappa shape index (κ2) is 6.39. The van der Waals surface area contributed by atoms with Crippen molar-refractivity contribution < 1.29 is 19.5 Å². The zero-order chi connectivity index (χ0) is 16.2. The second-order valence-electron chi connectivity index (χ2n) is 5.12. The zero-order valence-electron chi connectivity index (χ0n) is 12.5. The van der Waals surface area contributed by atoms with Crippen LogP contribution in [0.5, 0.6) is 11.5 Å². The minimum atomic E-state index is -0.683. The summed E-state index contributed by atoms with van der Waals surface area (Å²) in [6.07, 6.45) is 0.414. The number of anilines is 1. The van der Waals surface area contributed by atoms with Crippen molar-refractivity contribution in [1.29, 1.82) is 0 Å². The first-order valence-electron chi connectivity index (χ1n) is 7.14. The number of methoxy groups -OCH3 is 1. The molecule has 0 fully saturated rings. The van der Waals surface area contributed by atoms with Crippen LogP contribution in [0.15, 0.2) is 53.7 Å². The first-order valence-corrected chi connectivity index (χ1v) is 7.14. The van der Waals surface area contributed by atoms with Crippen LogP contribution >= 0.6 is 0 Å². The first-order chi connectivity index (χ1) is 11.2. The Kier molecular flexibility index (Phi) is 4.14. The molecule has 0 aromatic heterocycles. The standard InChI is InChI=1S/C17H16N2O4/c1-22-13-8-6-12(7-9-13)18-16(20)14-10-11-4-2-3-5-15(11)23-17(14)19-21/h2-9,14,21H,10H2,1H3,(H,18,20)/b19-17+/t14-/m1/s1. The quantitative estimate of drug-likeness (QED) is 0.674. The molecule has 23 heavy (non-hydrogen) atoms. The summed E-state index contributed by atoms with van der Waals surface area (Å²) in [6.45, 7) is 0. The van der Waals surface area contributed by atoms with Gasteiger partial charge in [-0.2, -0.15) is 0 Å².